The van der Waals surface area contributed by atoms with Crippen LogP contribution < -0.4 is 10.9 Å². The minimum Gasteiger partial charge on any atom is -0.469 e. The molecule has 0 aliphatic carbocycles. The van der Waals surface area contributed by atoms with Crippen LogP contribution in [0.4, 0.5) is 0 Å². The van der Waals surface area contributed by atoms with Crippen molar-refractivity contribution in [1.29, 1.82) is 0 Å². The largest absolute Gasteiger partial charge is 0.469 e. The predicted octanol–water partition coefficient (Wildman–Crippen LogP) is 0.239. The van der Waals surface area contributed by atoms with E-state index in [1.54, 1.807) is 12.4 Å². The second kappa shape index (κ2) is 6.92. The zero-order chi connectivity index (χ0) is 10.9. The van der Waals surface area contributed by atoms with Crippen molar-refractivity contribution >= 4 is 5.97 Å². The fourth-order valence-electron chi connectivity index (χ4n) is 1.02. The van der Waals surface area contributed by atoms with Crippen molar-refractivity contribution in [2.75, 3.05) is 13.7 Å². The number of hydrogen-bond acceptors (Lipinski definition) is 5. The Morgan fingerprint density at radius 2 is 2.13 bits per heavy atom. The molecule has 2 N–H and O–H groups in total. The summed E-state index contributed by atoms with van der Waals surface area (Å²) in [4.78, 5) is 14.7. The molecule has 0 unspecified atom stereocenters. The Morgan fingerprint density at radius 3 is 2.80 bits per heavy atom. The van der Waals surface area contributed by atoms with E-state index >= 15 is 0 Å². The van der Waals surface area contributed by atoms with E-state index in [0.717, 1.165) is 5.56 Å². The molecule has 0 saturated carbocycles. The van der Waals surface area contributed by atoms with E-state index in [4.69, 9.17) is 0 Å². The lowest BCUT2D eigenvalue weighted by Gasteiger charge is -2.05. The van der Waals surface area contributed by atoms with Gasteiger partial charge in [0.1, 0.15) is 0 Å². The Balaban J connectivity index is 2.05. The third kappa shape index (κ3) is 5.09. The summed E-state index contributed by atoms with van der Waals surface area (Å²) in [6.45, 7) is 1.25. The Bertz CT molecular complexity index is 290. The van der Waals surface area contributed by atoms with E-state index in [-0.39, 0.29) is 5.97 Å². The van der Waals surface area contributed by atoms with Crippen molar-refractivity contribution in [3.63, 3.8) is 0 Å². The van der Waals surface area contributed by atoms with Crippen LogP contribution in [0, 0.1) is 0 Å². The molecule has 0 fully saturated rings. The van der Waals surface area contributed by atoms with E-state index in [1.807, 2.05) is 12.1 Å². The second-order valence-electron chi connectivity index (χ2n) is 2.96. The van der Waals surface area contributed by atoms with E-state index in [0.29, 0.717) is 19.5 Å². The summed E-state index contributed by atoms with van der Waals surface area (Å²) >= 11 is 0. The molecule has 0 atom stereocenters. The molecule has 0 bridgehead atoms. The summed E-state index contributed by atoms with van der Waals surface area (Å²) in [5.74, 6) is -0.215. The fraction of sp³-hybridized carbons (Fsp3) is 0.400. The van der Waals surface area contributed by atoms with Crippen molar-refractivity contribution < 1.29 is 9.53 Å². The number of hydrogen-bond donors (Lipinski definition) is 2. The Morgan fingerprint density at radius 1 is 1.40 bits per heavy atom. The predicted molar refractivity (Wildman–Crippen MR) is 55.7 cm³/mol. The maximum absolute atomic E-state index is 10.7. The molecule has 0 radical (unpaired) electrons. The number of carbonyl (C=O) groups is 1. The van der Waals surface area contributed by atoms with E-state index in [1.165, 1.54) is 7.11 Å². The zero-order valence-electron chi connectivity index (χ0n) is 8.69. The minimum atomic E-state index is -0.215. The first-order chi connectivity index (χ1) is 7.33. The van der Waals surface area contributed by atoms with Gasteiger partial charge in [0.2, 0.25) is 0 Å². The number of carbonyl (C=O) groups excluding carboxylic acids is 1. The van der Waals surface area contributed by atoms with Crippen molar-refractivity contribution in [2.24, 2.45) is 0 Å². The molecule has 1 aromatic heterocycles. The molecule has 0 saturated heterocycles. The normalized spacial score (nSPS) is 9.93. The molecule has 0 spiro atoms. The molecule has 0 aliphatic rings. The molecule has 0 aromatic carbocycles. The SMILES string of the molecule is COC(=O)CCNNCc1ccncc1. The van der Waals surface area contributed by atoms with Gasteiger partial charge in [0, 0.05) is 25.5 Å². The third-order valence-corrected chi connectivity index (χ3v) is 1.85. The lowest BCUT2D eigenvalue weighted by molar-refractivity contribution is -0.140. The van der Waals surface area contributed by atoms with Crippen LogP contribution >= 0.6 is 0 Å². The number of hydrazine groups is 1. The summed E-state index contributed by atoms with van der Waals surface area (Å²) in [6.07, 6.45) is 3.84. The van der Waals surface area contributed by atoms with Crippen LogP contribution in [0.2, 0.25) is 0 Å². The summed E-state index contributed by atoms with van der Waals surface area (Å²) in [5, 5.41) is 0. The van der Waals surface area contributed by atoms with Gasteiger partial charge in [-0.05, 0) is 17.7 Å². The Labute approximate surface area is 88.8 Å². The highest BCUT2D eigenvalue weighted by Crippen LogP contribution is 1.93. The summed E-state index contributed by atoms with van der Waals surface area (Å²) in [6, 6.07) is 3.85. The van der Waals surface area contributed by atoms with Gasteiger partial charge in [0.05, 0.1) is 13.5 Å². The van der Waals surface area contributed by atoms with Gasteiger partial charge in [-0.3, -0.25) is 20.6 Å². The van der Waals surface area contributed by atoms with Gasteiger partial charge in [-0.15, -0.1) is 0 Å². The first kappa shape index (κ1) is 11.6. The quantitative estimate of drug-likeness (QED) is 0.399. The van der Waals surface area contributed by atoms with Gasteiger partial charge in [0.25, 0.3) is 0 Å². The number of pyridine rings is 1. The smallest absolute Gasteiger partial charge is 0.306 e. The van der Waals surface area contributed by atoms with Crippen LogP contribution in [0.15, 0.2) is 24.5 Å². The number of esters is 1. The number of nitrogens with one attached hydrogen (secondary N) is 2. The van der Waals surface area contributed by atoms with Crippen LogP contribution in [-0.4, -0.2) is 24.6 Å². The van der Waals surface area contributed by atoms with Crippen molar-refractivity contribution in [1.82, 2.24) is 15.8 Å². The molecule has 82 valence electrons. The van der Waals surface area contributed by atoms with Crippen molar-refractivity contribution in [2.45, 2.75) is 13.0 Å². The van der Waals surface area contributed by atoms with Crippen molar-refractivity contribution in [3.8, 4) is 0 Å². The van der Waals surface area contributed by atoms with Crippen molar-refractivity contribution in [3.05, 3.63) is 30.1 Å². The van der Waals surface area contributed by atoms with Gasteiger partial charge in [0.15, 0.2) is 0 Å². The standard InChI is InChI=1S/C10H15N3O2/c1-15-10(14)4-7-12-13-8-9-2-5-11-6-3-9/h2-3,5-6,12-13H,4,7-8H2,1H3. The Hall–Kier alpha value is -1.46. The van der Waals surface area contributed by atoms with Gasteiger partial charge >= 0.3 is 5.97 Å². The van der Waals surface area contributed by atoms with E-state index in [2.05, 4.69) is 20.6 Å². The molecule has 15 heavy (non-hydrogen) atoms. The van der Waals surface area contributed by atoms with Crippen LogP contribution in [0.1, 0.15) is 12.0 Å². The van der Waals surface area contributed by atoms with Gasteiger partial charge in [-0.1, -0.05) is 0 Å². The highest BCUT2D eigenvalue weighted by atomic mass is 16.5. The summed E-state index contributed by atoms with van der Waals surface area (Å²) < 4.78 is 4.50. The fourth-order valence-corrected chi connectivity index (χ4v) is 1.02. The van der Waals surface area contributed by atoms with Gasteiger partial charge < -0.3 is 4.74 Å². The number of ether oxygens (including phenoxy) is 1. The molecule has 1 heterocycles. The van der Waals surface area contributed by atoms with Crippen LogP contribution in [0.5, 0.6) is 0 Å². The zero-order valence-corrected chi connectivity index (χ0v) is 8.69. The molecule has 5 heteroatoms. The number of aromatic nitrogens is 1. The molecular formula is C10H15N3O2. The third-order valence-electron chi connectivity index (χ3n) is 1.85. The van der Waals surface area contributed by atoms with Gasteiger partial charge in [-0.25, -0.2) is 0 Å². The molecule has 1 aromatic rings. The lowest BCUT2D eigenvalue weighted by Crippen LogP contribution is -2.33. The Kier molecular flexibility index (Phi) is 5.35. The maximum Gasteiger partial charge on any atom is 0.306 e. The monoisotopic (exact) mass is 209 g/mol. The summed E-state index contributed by atoms with van der Waals surface area (Å²) in [5.41, 5.74) is 7.06. The van der Waals surface area contributed by atoms with E-state index in [9.17, 15) is 4.79 Å². The average Bonchev–Trinajstić information content (AvgIpc) is 2.29. The molecule has 5 nitrogen and oxygen atoms in total. The lowest BCUT2D eigenvalue weighted by atomic mass is 10.3. The molecule has 1 rings (SSSR count). The van der Waals surface area contributed by atoms with E-state index < -0.39 is 0 Å². The molecular weight excluding hydrogens is 194 g/mol. The maximum atomic E-state index is 10.7. The second-order valence-corrected chi connectivity index (χ2v) is 2.96. The topological polar surface area (TPSA) is 63.2 Å². The highest BCUT2D eigenvalue weighted by molar-refractivity contribution is 5.69. The highest BCUT2D eigenvalue weighted by Gasteiger charge is 1.97. The van der Waals surface area contributed by atoms with Gasteiger partial charge in [-0.2, -0.15) is 0 Å². The number of rotatable bonds is 6. The first-order valence-electron chi connectivity index (χ1n) is 4.74. The van der Waals surface area contributed by atoms with Crippen LogP contribution in [-0.2, 0) is 16.1 Å². The average molecular weight is 209 g/mol. The number of nitrogens with zero attached hydrogens (tertiary/aromatic N) is 1. The molecule has 0 aliphatic heterocycles. The van der Waals surface area contributed by atoms with Crippen LogP contribution in [0.25, 0.3) is 0 Å². The minimum absolute atomic E-state index is 0.215. The summed E-state index contributed by atoms with van der Waals surface area (Å²) in [7, 11) is 1.38. The first-order valence-corrected chi connectivity index (χ1v) is 4.74. The number of methoxy groups -OCH3 is 1. The van der Waals surface area contributed by atoms with Crippen LogP contribution in [0.3, 0.4) is 0 Å². The molecule has 0 amide bonds.